The first-order chi connectivity index (χ1) is 11.1. The third kappa shape index (κ3) is 5.49. The molecule has 2 fully saturated rings. The number of piperidine rings is 1. The van der Waals surface area contributed by atoms with Crippen molar-refractivity contribution in [1.29, 1.82) is 0 Å². The van der Waals surface area contributed by atoms with Crippen LogP contribution in [-0.2, 0) is 19.1 Å². The van der Waals surface area contributed by atoms with Crippen LogP contribution in [0.2, 0.25) is 0 Å². The second kappa shape index (κ2) is 8.86. The SMILES string of the molecule is CCOC(=O)[C@@H]1CCCN(CC(=O)N[C@@H]2CCCCNC2=O)C1. The molecule has 7 heteroatoms. The van der Waals surface area contributed by atoms with Crippen LogP contribution in [0, 0.1) is 5.92 Å². The smallest absolute Gasteiger partial charge is 0.310 e. The minimum atomic E-state index is -0.435. The predicted molar refractivity (Wildman–Crippen MR) is 84.6 cm³/mol. The average Bonchev–Trinajstić information content (AvgIpc) is 2.73. The lowest BCUT2D eigenvalue weighted by Crippen LogP contribution is -2.50. The average molecular weight is 325 g/mol. The molecule has 2 aliphatic heterocycles. The molecule has 2 saturated heterocycles. The van der Waals surface area contributed by atoms with E-state index in [4.69, 9.17) is 4.74 Å². The normalized spacial score (nSPS) is 26.0. The highest BCUT2D eigenvalue weighted by molar-refractivity contribution is 5.88. The number of carbonyl (C=O) groups excluding carboxylic acids is 3. The number of hydrogen-bond acceptors (Lipinski definition) is 5. The Morgan fingerprint density at radius 2 is 2.13 bits per heavy atom. The molecule has 2 aliphatic rings. The maximum absolute atomic E-state index is 12.2. The van der Waals surface area contributed by atoms with E-state index in [1.54, 1.807) is 6.92 Å². The van der Waals surface area contributed by atoms with Crippen molar-refractivity contribution in [1.82, 2.24) is 15.5 Å². The van der Waals surface area contributed by atoms with Crippen molar-refractivity contribution in [3.63, 3.8) is 0 Å². The summed E-state index contributed by atoms with van der Waals surface area (Å²) in [6.45, 7) is 4.41. The molecule has 130 valence electrons. The Morgan fingerprint density at radius 3 is 2.91 bits per heavy atom. The zero-order chi connectivity index (χ0) is 16.7. The Bertz CT molecular complexity index is 441. The Labute approximate surface area is 137 Å². The van der Waals surface area contributed by atoms with Crippen LogP contribution in [0.15, 0.2) is 0 Å². The fraction of sp³-hybridized carbons (Fsp3) is 0.812. The number of rotatable bonds is 5. The molecular weight excluding hydrogens is 298 g/mol. The maximum Gasteiger partial charge on any atom is 0.310 e. The topological polar surface area (TPSA) is 87.7 Å². The van der Waals surface area contributed by atoms with Crippen molar-refractivity contribution >= 4 is 17.8 Å². The summed E-state index contributed by atoms with van der Waals surface area (Å²) in [6.07, 6.45) is 4.25. The van der Waals surface area contributed by atoms with Gasteiger partial charge in [0.1, 0.15) is 6.04 Å². The Balaban J connectivity index is 1.79. The number of esters is 1. The van der Waals surface area contributed by atoms with Crippen LogP contribution in [0.25, 0.3) is 0 Å². The van der Waals surface area contributed by atoms with Crippen LogP contribution in [0.1, 0.15) is 39.0 Å². The highest BCUT2D eigenvalue weighted by Crippen LogP contribution is 2.17. The first-order valence-corrected chi connectivity index (χ1v) is 8.56. The fourth-order valence-corrected chi connectivity index (χ4v) is 3.17. The summed E-state index contributed by atoms with van der Waals surface area (Å²) in [4.78, 5) is 37.8. The van der Waals surface area contributed by atoms with E-state index in [9.17, 15) is 14.4 Å². The molecule has 0 aromatic carbocycles. The van der Waals surface area contributed by atoms with Gasteiger partial charge in [-0.25, -0.2) is 0 Å². The van der Waals surface area contributed by atoms with Gasteiger partial charge in [-0.3, -0.25) is 19.3 Å². The second-order valence-corrected chi connectivity index (χ2v) is 6.23. The summed E-state index contributed by atoms with van der Waals surface area (Å²) in [7, 11) is 0. The first-order valence-electron chi connectivity index (χ1n) is 8.56. The molecule has 2 heterocycles. The van der Waals surface area contributed by atoms with Gasteiger partial charge in [-0.15, -0.1) is 0 Å². The standard InChI is InChI=1S/C16H27N3O4/c1-2-23-16(22)12-6-5-9-19(10-12)11-14(20)18-13-7-3-4-8-17-15(13)21/h12-13H,2-11H2,1H3,(H,17,21)(H,18,20)/t12-,13-/m1/s1. The number of nitrogens with one attached hydrogen (secondary N) is 2. The van der Waals surface area contributed by atoms with Crippen LogP contribution in [0.4, 0.5) is 0 Å². The zero-order valence-electron chi connectivity index (χ0n) is 13.8. The molecule has 2 amide bonds. The number of ether oxygens (including phenoxy) is 1. The van der Waals surface area contributed by atoms with Crippen LogP contribution in [-0.4, -0.2) is 61.5 Å². The Kier molecular flexibility index (Phi) is 6.83. The first kappa shape index (κ1) is 17.7. The van der Waals surface area contributed by atoms with Crippen molar-refractivity contribution in [2.45, 2.75) is 45.1 Å². The van der Waals surface area contributed by atoms with Crippen molar-refractivity contribution in [3.8, 4) is 0 Å². The summed E-state index contributed by atoms with van der Waals surface area (Å²) in [5.41, 5.74) is 0. The molecule has 0 radical (unpaired) electrons. The van der Waals surface area contributed by atoms with E-state index in [0.717, 1.165) is 32.2 Å². The second-order valence-electron chi connectivity index (χ2n) is 6.23. The highest BCUT2D eigenvalue weighted by Gasteiger charge is 2.29. The third-order valence-corrected chi connectivity index (χ3v) is 4.36. The third-order valence-electron chi connectivity index (χ3n) is 4.36. The minimum Gasteiger partial charge on any atom is -0.466 e. The lowest BCUT2D eigenvalue weighted by Gasteiger charge is -2.31. The van der Waals surface area contributed by atoms with Crippen LogP contribution in [0.3, 0.4) is 0 Å². The number of amides is 2. The fourth-order valence-electron chi connectivity index (χ4n) is 3.17. The van der Waals surface area contributed by atoms with Crippen molar-refractivity contribution in [2.75, 3.05) is 32.8 Å². The molecule has 2 atom stereocenters. The van der Waals surface area contributed by atoms with Gasteiger partial charge in [0.15, 0.2) is 0 Å². The van der Waals surface area contributed by atoms with E-state index >= 15 is 0 Å². The molecule has 2 N–H and O–H groups in total. The van der Waals surface area contributed by atoms with E-state index in [-0.39, 0.29) is 30.2 Å². The lowest BCUT2D eigenvalue weighted by molar-refractivity contribution is -0.150. The monoisotopic (exact) mass is 325 g/mol. The molecule has 23 heavy (non-hydrogen) atoms. The number of hydrogen-bond donors (Lipinski definition) is 2. The van der Waals surface area contributed by atoms with Crippen molar-refractivity contribution in [3.05, 3.63) is 0 Å². The number of carbonyl (C=O) groups is 3. The van der Waals surface area contributed by atoms with Gasteiger partial charge in [0.2, 0.25) is 11.8 Å². The summed E-state index contributed by atoms with van der Waals surface area (Å²) in [6, 6.07) is -0.435. The molecule has 0 aliphatic carbocycles. The van der Waals surface area contributed by atoms with Gasteiger partial charge in [0.25, 0.3) is 0 Å². The summed E-state index contributed by atoms with van der Waals surface area (Å²) >= 11 is 0. The van der Waals surface area contributed by atoms with Crippen LogP contribution < -0.4 is 10.6 Å². The Hall–Kier alpha value is -1.63. The summed E-state index contributed by atoms with van der Waals surface area (Å²) in [5, 5.41) is 5.63. The molecule has 7 nitrogen and oxygen atoms in total. The van der Waals surface area contributed by atoms with Gasteiger partial charge in [0.05, 0.1) is 19.1 Å². The molecule has 0 spiro atoms. The van der Waals surface area contributed by atoms with Gasteiger partial charge in [0, 0.05) is 13.1 Å². The van der Waals surface area contributed by atoms with Gasteiger partial charge >= 0.3 is 5.97 Å². The highest BCUT2D eigenvalue weighted by atomic mass is 16.5. The molecule has 0 aromatic rings. The Morgan fingerprint density at radius 1 is 1.30 bits per heavy atom. The van der Waals surface area contributed by atoms with Gasteiger partial charge < -0.3 is 15.4 Å². The van der Waals surface area contributed by atoms with Gasteiger partial charge in [-0.05, 0) is 45.6 Å². The number of nitrogens with zero attached hydrogens (tertiary/aromatic N) is 1. The van der Waals surface area contributed by atoms with E-state index < -0.39 is 6.04 Å². The largest absolute Gasteiger partial charge is 0.466 e. The van der Waals surface area contributed by atoms with Gasteiger partial charge in [-0.2, -0.15) is 0 Å². The maximum atomic E-state index is 12.2. The van der Waals surface area contributed by atoms with Crippen LogP contribution >= 0.6 is 0 Å². The van der Waals surface area contributed by atoms with E-state index in [1.807, 2.05) is 4.90 Å². The molecular formula is C16H27N3O4. The predicted octanol–water partition coefficient (Wildman–Crippen LogP) is 0.0464. The van der Waals surface area contributed by atoms with Gasteiger partial charge in [-0.1, -0.05) is 0 Å². The van der Waals surface area contributed by atoms with Crippen molar-refractivity contribution in [2.24, 2.45) is 5.92 Å². The quantitative estimate of drug-likeness (QED) is 0.697. The van der Waals surface area contributed by atoms with Crippen LogP contribution in [0.5, 0.6) is 0 Å². The van der Waals surface area contributed by atoms with E-state index in [2.05, 4.69) is 10.6 Å². The molecule has 0 saturated carbocycles. The zero-order valence-corrected chi connectivity index (χ0v) is 13.8. The van der Waals surface area contributed by atoms with Crippen molar-refractivity contribution < 1.29 is 19.1 Å². The molecule has 0 aromatic heterocycles. The lowest BCUT2D eigenvalue weighted by atomic mass is 9.98. The molecule has 0 unspecified atom stereocenters. The molecule has 2 rings (SSSR count). The molecule has 0 bridgehead atoms. The number of likely N-dealkylation sites (tertiary alicyclic amines) is 1. The van der Waals surface area contributed by atoms with E-state index in [0.29, 0.717) is 26.1 Å². The minimum absolute atomic E-state index is 0.0982. The van der Waals surface area contributed by atoms with E-state index in [1.165, 1.54) is 0 Å². The summed E-state index contributed by atoms with van der Waals surface area (Å²) < 4.78 is 5.07. The summed E-state index contributed by atoms with van der Waals surface area (Å²) in [5.74, 6) is -0.589.